The smallest absolute Gasteiger partial charge is 0.125 e. The van der Waals surface area contributed by atoms with Crippen LogP contribution in [-0.4, -0.2) is 31.4 Å². The van der Waals surface area contributed by atoms with Gasteiger partial charge in [0, 0.05) is 30.4 Å². The van der Waals surface area contributed by atoms with Gasteiger partial charge in [-0.3, -0.25) is 0 Å². The third kappa shape index (κ3) is 2.85. The van der Waals surface area contributed by atoms with Crippen molar-refractivity contribution in [1.82, 2.24) is 0 Å². The summed E-state index contributed by atoms with van der Waals surface area (Å²) in [5, 5.41) is 9.85. The Labute approximate surface area is 115 Å². The molecular formula is C15H24N2O2. The van der Waals surface area contributed by atoms with E-state index in [0.717, 1.165) is 36.5 Å². The van der Waals surface area contributed by atoms with E-state index in [1.807, 2.05) is 19.1 Å². The highest BCUT2D eigenvalue weighted by Crippen LogP contribution is 2.35. The lowest BCUT2D eigenvalue weighted by Crippen LogP contribution is -2.42. The fourth-order valence-corrected chi connectivity index (χ4v) is 2.80. The highest BCUT2D eigenvalue weighted by Gasteiger charge is 2.27. The Morgan fingerprint density at radius 3 is 2.79 bits per heavy atom. The molecule has 4 heteroatoms. The monoisotopic (exact) mass is 264 g/mol. The molecule has 0 amide bonds. The van der Waals surface area contributed by atoms with Gasteiger partial charge in [0.15, 0.2) is 0 Å². The number of piperidine rings is 1. The van der Waals surface area contributed by atoms with Gasteiger partial charge in [-0.15, -0.1) is 0 Å². The second-order valence-corrected chi connectivity index (χ2v) is 5.46. The van der Waals surface area contributed by atoms with Crippen molar-refractivity contribution < 1.29 is 9.84 Å². The van der Waals surface area contributed by atoms with E-state index >= 15 is 0 Å². The fourth-order valence-electron chi connectivity index (χ4n) is 2.80. The van der Waals surface area contributed by atoms with Gasteiger partial charge in [0.1, 0.15) is 5.75 Å². The second kappa shape index (κ2) is 5.80. The lowest BCUT2D eigenvalue weighted by Gasteiger charge is -2.37. The van der Waals surface area contributed by atoms with E-state index in [2.05, 4.69) is 17.9 Å². The normalized spacial score (nSPS) is 25.2. The number of ether oxygens (including phenoxy) is 1. The maximum Gasteiger partial charge on any atom is 0.125 e. The number of nitrogens with zero attached hydrogens (tertiary/aromatic N) is 1. The van der Waals surface area contributed by atoms with Gasteiger partial charge in [-0.25, -0.2) is 0 Å². The molecule has 3 N–H and O–H groups in total. The minimum Gasteiger partial charge on any atom is -0.496 e. The number of anilines is 1. The van der Waals surface area contributed by atoms with Crippen molar-refractivity contribution in [2.75, 3.05) is 25.1 Å². The van der Waals surface area contributed by atoms with Gasteiger partial charge in [-0.1, -0.05) is 13.0 Å². The lowest BCUT2D eigenvalue weighted by atomic mass is 9.94. The molecule has 1 aromatic rings. The number of hydrogen-bond donors (Lipinski definition) is 2. The van der Waals surface area contributed by atoms with Crippen molar-refractivity contribution in [1.29, 1.82) is 0 Å². The zero-order valence-corrected chi connectivity index (χ0v) is 12.0. The van der Waals surface area contributed by atoms with Crippen LogP contribution in [0.1, 0.15) is 31.9 Å². The minimum absolute atomic E-state index is 0.0756. The Morgan fingerprint density at radius 1 is 1.47 bits per heavy atom. The maximum absolute atomic E-state index is 9.85. The quantitative estimate of drug-likeness (QED) is 0.875. The van der Waals surface area contributed by atoms with Gasteiger partial charge >= 0.3 is 0 Å². The Kier molecular flexibility index (Phi) is 4.32. The van der Waals surface area contributed by atoms with Crippen LogP contribution in [0, 0.1) is 5.92 Å². The molecule has 1 aromatic carbocycles. The van der Waals surface area contributed by atoms with Gasteiger partial charge in [0.25, 0.3) is 0 Å². The Morgan fingerprint density at radius 2 is 2.21 bits per heavy atom. The summed E-state index contributed by atoms with van der Waals surface area (Å²) in [6.07, 6.45) is 0.608. The molecule has 0 aromatic heterocycles. The molecule has 0 aliphatic carbocycles. The number of hydrogen-bond acceptors (Lipinski definition) is 4. The molecule has 0 bridgehead atoms. The molecule has 4 nitrogen and oxygen atoms in total. The molecule has 3 atom stereocenters. The van der Waals surface area contributed by atoms with E-state index in [4.69, 9.17) is 10.5 Å². The Bertz CT molecular complexity index is 434. The van der Waals surface area contributed by atoms with E-state index in [1.165, 1.54) is 0 Å². The predicted molar refractivity (Wildman–Crippen MR) is 77.6 cm³/mol. The predicted octanol–water partition coefficient (Wildman–Crippen LogP) is 1.92. The summed E-state index contributed by atoms with van der Waals surface area (Å²) in [6.45, 7) is 5.78. The van der Waals surface area contributed by atoms with Crippen molar-refractivity contribution in [2.45, 2.75) is 32.4 Å². The standard InChI is InChI=1S/C15H24N2O2/c1-10-9-17(8-7-13(10)18)12-5-4-6-14(19-3)15(12)11(2)16/h4-6,10-11,13,18H,7-9,16H2,1-3H3/t10?,11-,13?/m1/s1. The molecule has 1 aliphatic rings. The third-order valence-corrected chi connectivity index (χ3v) is 3.92. The first-order valence-corrected chi connectivity index (χ1v) is 6.90. The van der Waals surface area contributed by atoms with E-state index < -0.39 is 0 Å². The number of aliphatic hydroxyl groups excluding tert-OH is 1. The summed E-state index contributed by atoms with van der Waals surface area (Å²) in [6, 6.07) is 5.96. The van der Waals surface area contributed by atoms with Crippen molar-refractivity contribution in [2.24, 2.45) is 11.7 Å². The maximum atomic E-state index is 9.85. The highest BCUT2D eigenvalue weighted by molar-refractivity contribution is 5.61. The van der Waals surface area contributed by atoms with Crippen LogP contribution in [0.3, 0.4) is 0 Å². The molecule has 0 spiro atoms. The van der Waals surface area contributed by atoms with Crippen LogP contribution in [0.4, 0.5) is 5.69 Å². The molecule has 0 radical (unpaired) electrons. The van der Waals surface area contributed by atoms with Gasteiger partial charge in [-0.05, 0) is 31.4 Å². The average molecular weight is 264 g/mol. The first-order chi connectivity index (χ1) is 9.04. The molecule has 2 rings (SSSR count). The lowest BCUT2D eigenvalue weighted by molar-refractivity contribution is 0.0970. The van der Waals surface area contributed by atoms with E-state index in [0.29, 0.717) is 0 Å². The molecule has 1 fully saturated rings. The first-order valence-electron chi connectivity index (χ1n) is 6.90. The molecule has 19 heavy (non-hydrogen) atoms. The molecule has 106 valence electrons. The highest BCUT2D eigenvalue weighted by atomic mass is 16.5. The summed E-state index contributed by atoms with van der Waals surface area (Å²) in [5.74, 6) is 1.12. The average Bonchev–Trinajstić information content (AvgIpc) is 2.40. The summed E-state index contributed by atoms with van der Waals surface area (Å²) in [5.41, 5.74) is 8.29. The molecule has 1 saturated heterocycles. The van der Waals surface area contributed by atoms with Gasteiger partial charge in [-0.2, -0.15) is 0 Å². The van der Waals surface area contributed by atoms with Crippen LogP contribution in [0.25, 0.3) is 0 Å². The van der Waals surface area contributed by atoms with Gasteiger partial charge < -0.3 is 20.5 Å². The molecule has 1 aliphatic heterocycles. The van der Waals surface area contributed by atoms with Gasteiger partial charge in [0.05, 0.1) is 13.2 Å². The topological polar surface area (TPSA) is 58.7 Å². The fraction of sp³-hybridized carbons (Fsp3) is 0.600. The second-order valence-electron chi connectivity index (χ2n) is 5.46. The molecule has 2 unspecified atom stereocenters. The molecular weight excluding hydrogens is 240 g/mol. The van der Waals surface area contributed by atoms with Crippen LogP contribution in [0.15, 0.2) is 18.2 Å². The molecule has 1 heterocycles. The summed E-state index contributed by atoms with van der Waals surface area (Å²) < 4.78 is 5.43. The number of methoxy groups -OCH3 is 1. The van der Waals surface area contributed by atoms with Gasteiger partial charge in [0.2, 0.25) is 0 Å². The van der Waals surface area contributed by atoms with Crippen LogP contribution < -0.4 is 15.4 Å². The SMILES string of the molecule is COc1cccc(N2CCC(O)C(C)C2)c1[C@@H](C)N. The number of nitrogens with two attached hydrogens (primary N) is 1. The zero-order valence-electron chi connectivity index (χ0n) is 12.0. The number of aliphatic hydroxyl groups is 1. The van der Waals surface area contributed by atoms with E-state index in [1.54, 1.807) is 7.11 Å². The van der Waals surface area contributed by atoms with Crippen LogP contribution in [0.2, 0.25) is 0 Å². The van der Waals surface area contributed by atoms with Crippen molar-refractivity contribution in [3.63, 3.8) is 0 Å². The Hall–Kier alpha value is -1.26. The van der Waals surface area contributed by atoms with Crippen molar-refractivity contribution >= 4 is 5.69 Å². The largest absolute Gasteiger partial charge is 0.496 e. The minimum atomic E-state index is -0.194. The summed E-state index contributed by atoms with van der Waals surface area (Å²) in [7, 11) is 1.67. The van der Waals surface area contributed by atoms with E-state index in [-0.39, 0.29) is 18.1 Å². The van der Waals surface area contributed by atoms with Crippen LogP contribution in [-0.2, 0) is 0 Å². The first kappa shape index (κ1) is 14.2. The Balaban J connectivity index is 2.34. The third-order valence-electron chi connectivity index (χ3n) is 3.92. The van der Waals surface area contributed by atoms with Crippen LogP contribution in [0.5, 0.6) is 5.75 Å². The van der Waals surface area contributed by atoms with E-state index in [9.17, 15) is 5.11 Å². The number of rotatable bonds is 3. The number of benzene rings is 1. The zero-order chi connectivity index (χ0) is 14.0. The summed E-state index contributed by atoms with van der Waals surface area (Å²) >= 11 is 0. The summed E-state index contributed by atoms with van der Waals surface area (Å²) in [4.78, 5) is 2.30. The van der Waals surface area contributed by atoms with Crippen molar-refractivity contribution in [3.05, 3.63) is 23.8 Å². The van der Waals surface area contributed by atoms with Crippen LogP contribution >= 0.6 is 0 Å². The molecule has 0 saturated carbocycles. The van der Waals surface area contributed by atoms with Crippen molar-refractivity contribution in [3.8, 4) is 5.75 Å².